The van der Waals surface area contributed by atoms with Crippen molar-refractivity contribution in [3.8, 4) is 5.75 Å². The Kier molecular flexibility index (Phi) is 3.76. The molecule has 1 heterocycles. The van der Waals surface area contributed by atoms with E-state index in [-0.39, 0.29) is 0 Å². The molecule has 0 radical (unpaired) electrons. The van der Waals surface area contributed by atoms with E-state index in [1.54, 1.807) is 13.2 Å². The SMILES string of the molecule is COCCOc1cnnc(Cl)c1. The molecule has 0 aliphatic carbocycles. The number of nitrogens with zero attached hydrogens (tertiary/aromatic N) is 2. The molecule has 0 unspecified atom stereocenters. The number of hydrogen-bond acceptors (Lipinski definition) is 4. The average Bonchev–Trinajstić information content (AvgIpc) is 2.05. The third kappa shape index (κ3) is 3.02. The van der Waals surface area contributed by atoms with Gasteiger partial charge in [-0.25, -0.2) is 0 Å². The van der Waals surface area contributed by atoms with Gasteiger partial charge in [0.2, 0.25) is 0 Å². The van der Waals surface area contributed by atoms with E-state index in [0.29, 0.717) is 24.1 Å². The van der Waals surface area contributed by atoms with Gasteiger partial charge in [-0.05, 0) is 0 Å². The molecule has 0 saturated carbocycles. The summed E-state index contributed by atoms with van der Waals surface area (Å²) in [5, 5.41) is 7.51. The Labute approximate surface area is 75.5 Å². The summed E-state index contributed by atoms with van der Waals surface area (Å²) in [6.07, 6.45) is 1.50. The van der Waals surface area contributed by atoms with Gasteiger partial charge in [-0.3, -0.25) is 0 Å². The second kappa shape index (κ2) is 4.90. The molecule has 4 nitrogen and oxygen atoms in total. The number of halogens is 1. The van der Waals surface area contributed by atoms with Crippen LogP contribution in [0.25, 0.3) is 0 Å². The quantitative estimate of drug-likeness (QED) is 0.665. The number of methoxy groups -OCH3 is 1. The molecule has 1 aromatic rings. The molecular weight excluding hydrogens is 180 g/mol. The van der Waals surface area contributed by atoms with Crippen LogP contribution in [0.1, 0.15) is 0 Å². The topological polar surface area (TPSA) is 44.2 Å². The molecule has 12 heavy (non-hydrogen) atoms. The number of rotatable bonds is 4. The van der Waals surface area contributed by atoms with E-state index >= 15 is 0 Å². The standard InChI is InChI=1S/C7H9ClN2O2/c1-11-2-3-12-6-4-7(8)10-9-5-6/h4-5H,2-3H2,1H3. The van der Waals surface area contributed by atoms with Crippen LogP contribution in [0.3, 0.4) is 0 Å². The van der Waals surface area contributed by atoms with Crippen molar-refractivity contribution in [1.82, 2.24) is 10.2 Å². The first-order valence-electron chi connectivity index (χ1n) is 3.43. The minimum absolute atomic E-state index is 0.324. The summed E-state index contributed by atoms with van der Waals surface area (Å²) in [6, 6.07) is 1.60. The van der Waals surface area contributed by atoms with E-state index in [4.69, 9.17) is 21.1 Å². The Bertz CT molecular complexity index is 245. The van der Waals surface area contributed by atoms with Crippen LogP contribution in [0.4, 0.5) is 0 Å². The van der Waals surface area contributed by atoms with Crippen molar-refractivity contribution in [2.75, 3.05) is 20.3 Å². The maximum Gasteiger partial charge on any atom is 0.155 e. The van der Waals surface area contributed by atoms with Crippen LogP contribution in [0.5, 0.6) is 5.75 Å². The Morgan fingerprint density at radius 3 is 3.00 bits per heavy atom. The first kappa shape index (κ1) is 9.22. The smallest absolute Gasteiger partial charge is 0.155 e. The van der Waals surface area contributed by atoms with Gasteiger partial charge in [0.1, 0.15) is 12.4 Å². The van der Waals surface area contributed by atoms with Crippen molar-refractivity contribution < 1.29 is 9.47 Å². The van der Waals surface area contributed by atoms with E-state index in [2.05, 4.69) is 10.2 Å². The fourth-order valence-corrected chi connectivity index (χ4v) is 0.797. The highest BCUT2D eigenvalue weighted by molar-refractivity contribution is 6.29. The molecule has 0 saturated heterocycles. The van der Waals surface area contributed by atoms with E-state index < -0.39 is 0 Å². The number of aromatic nitrogens is 2. The van der Waals surface area contributed by atoms with Gasteiger partial charge < -0.3 is 9.47 Å². The van der Waals surface area contributed by atoms with Crippen LogP contribution < -0.4 is 4.74 Å². The van der Waals surface area contributed by atoms with Gasteiger partial charge in [-0.2, -0.15) is 5.10 Å². The second-order valence-corrected chi connectivity index (χ2v) is 2.44. The fourth-order valence-electron chi connectivity index (χ4n) is 0.646. The molecule has 0 spiro atoms. The van der Waals surface area contributed by atoms with Crippen LogP contribution in [0.2, 0.25) is 5.15 Å². The maximum absolute atomic E-state index is 5.57. The summed E-state index contributed by atoms with van der Waals surface area (Å²) in [5.74, 6) is 0.604. The van der Waals surface area contributed by atoms with Crippen molar-refractivity contribution in [2.45, 2.75) is 0 Å². The maximum atomic E-state index is 5.57. The second-order valence-electron chi connectivity index (χ2n) is 2.06. The molecule has 0 aromatic carbocycles. The summed E-state index contributed by atoms with van der Waals surface area (Å²) in [4.78, 5) is 0. The monoisotopic (exact) mass is 188 g/mol. The van der Waals surface area contributed by atoms with Crippen LogP contribution in [0, 0.1) is 0 Å². The molecule has 0 atom stereocenters. The molecule has 66 valence electrons. The van der Waals surface area contributed by atoms with Gasteiger partial charge >= 0.3 is 0 Å². The van der Waals surface area contributed by atoms with Crippen molar-refractivity contribution >= 4 is 11.6 Å². The van der Waals surface area contributed by atoms with Crippen LogP contribution in [-0.4, -0.2) is 30.5 Å². The third-order valence-corrected chi connectivity index (χ3v) is 1.34. The zero-order valence-corrected chi connectivity index (χ0v) is 7.41. The zero-order valence-electron chi connectivity index (χ0n) is 6.66. The van der Waals surface area contributed by atoms with Crippen molar-refractivity contribution in [3.05, 3.63) is 17.4 Å². The lowest BCUT2D eigenvalue weighted by Crippen LogP contribution is -2.04. The highest BCUT2D eigenvalue weighted by atomic mass is 35.5. The number of hydrogen-bond donors (Lipinski definition) is 0. The van der Waals surface area contributed by atoms with E-state index in [1.165, 1.54) is 6.20 Å². The summed E-state index contributed by atoms with van der Waals surface area (Å²) < 4.78 is 10.0. The van der Waals surface area contributed by atoms with E-state index in [0.717, 1.165) is 0 Å². The molecule has 0 amide bonds. The molecule has 0 N–H and O–H groups in total. The highest BCUT2D eigenvalue weighted by Crippen LogP contribution is 2.12. The van der Waals surface area contributed by atoms with E-state index in [1.807, 2.05) is 0 Å². The molecular formula is C7H9ClN2O2. The molecule has 5 heteroatoms. The van der Waals surface area contributed by atoms with Gasteiger partial charge in [0.25, 0.3) is 0 Å². The minimum atomic E-state index is 0.324. The van der Waals surface area contributed by atoms with Crippen LogP contribution in [0.15, 0.2) is 12.3 Å². The average molecular weight is 189 g/mol. The Morgan fingerprint density at radius 2 is 2.33 bits per heavy atom. The summed E-state index contributed by atoms with van der Waals surface area (Å²) in [6.45, 7) is 1.03. The summed E-state index contributed by atoms with van der Waals surface area (Å²) in [5.41, 5.74) is 0. The summed E-state index contributed by atoms with van der Waals surface area (Å²) in [7, 11) is 1.61. The zero-order chi connectivity index (χ0) is 8.81. The molecule has 1 rings (SSSR count). The lowest BCUT2D eigenvalue weighted by molar-refractivity contribution is 0.146. The molecule has 0 aliphatic heterocycles. The Morgan fingerprint density at radius 1 is 1.50 bits per heavy atom. The van der Waals surface area contributed by atoms with Crippen molar-refractivity contribution in [3.63, 3.8) is 0 Å². The predicted molar refractivity (Wildman–Crippen MR) is 44.4 cm³/mol. The molecule has 0 fully saturated rings. The Hall–Kier alpha value is -0.870. The van der Waals surface area contributed by atoms with Gasteiger partial charge in [-0.1, -0.05) is 11.6 Å². The minimum Gasteiger partial charge on any atom is -0.489 e. The largest absolute Gasteiger partial charge is 0.489 e. The number of ether oxygens (including phenoxy) is 2. The van der Waals surface area contributed by atoms with Gasteiger partial charge in [-0.15, -0.1) is 5.10 Å². The van der Waals surface area contributed by atoms with Crippen LogP contribution in [-0.2, 0) is 4.74 Å². The van der Waals surface area contributed by atoms with Gasteiger partial charge in [0.15, 0.2) is 5.15 Å². The lowest BCUT2D eigenvalue weighted by atomic mass is 10.5. The Balaban J connectivity index is 2.41. The van der Waals surface area contributed by atoms with Crippen molar-refractivity contribution in [2.24, 2.45) is 0 Å². The van der Waals surface area contributed by atoms with Crippen molar-refractivity contribution in [1.29, 1.82) is 0 Å². The fraction of sp³-hybridized carbons (Fsp3) is 0.429. The van der Waals surface area contributed by atoms with E-state index in [9.17, 15) is 0 Å². The first-order valence-corrected chi connectivity index (χ1v) is 3.80. The molecule has 0 aliphatic rings. The third-order valence-electron chi connectivity index (χ3n) is 1.16. The van der Waals surface area contributed by atoms with Gasteiger partial charge in [0, 0.05) is 13.2 Å². The summed E-state index contributed by atoms with van der Waals surface area (Å²) >= 11 is 5.57. The first-order chi connectivity index (χ1) is 5.83. The molecule has 1 aromatic heterocycles. The highest BCUT2D eigenvalue weighted by Gasteiger charge is 1.95. The predicted octanol–water partition coefficient (Wildman–Crippen LogP) is 1.16. The van der Waals surface area contributed by atoms with Crippen LogP contribution >= 0.6 is 11.6 Å². The molecule has 0 bridgehead atoms. The lowest BCUT2D eigenvalue weighted by Gasteiger charge is -2.03. The van der Waals surface area contributed by atoms with Gasteiger partial charge in [0.05, 0.1) is 12.8 Å². The normalized spacial score (nSPS) is 9.83.